The van der Waals surface area contributed by atoms with Gasteiger partial charge in [-0.3, -0.25) is 0 Å². The van der Waals surface area contributed by atoms with Crippen LogP contribution in [0, 0.1) is 11.8 Å². The van der Waals surface area contributed by atoms with Crippen LogP contribution in [0.25, 0.3) is 0 Å². The van der Waals surface area contributed by atoms with Crippen LogP contribution >= 0.6 is 0 Å². The molecule has 0 heterocycles. The number of hydrogen-bond acceptors (Lipinski definition) is 1. The lowest BCUT2D eigenvalue weighted by Crippen LogP contribution is -2.31. The highest BCUT2D eigenvalue weighted by atomic mass is 14.6. The third-order valence-corrected chi connectivity index (χ3v) is 3.62. The highest BCUT2D eigenvalue weighted by Crippen LogP contribution is 2.44. The fraction of sp³-hybridized carbons (Fsp3) is 0.538. The lowest BCUT2D eigenvalue weighted by atomic mass is 9.66. The van der Waals surface area contributed by atoms with Gasteiger partial charge in [0.2, 0.25) is 0 Å². The first-order valence-corrected chi connectivity index (χ1v) is 5.56. The molecule has 0 spiro atoms. The average molecular weight is 189 g/mol. The second-order valence-electron chi connectivity index (χ2n) is 4.55. The van der Waals surface area contributed by atoms with Gasteiger partial charge >= 0.3 is 0 Å². The molecule has 1 atom stereocenters. The summed E-state index contributed by atoms with van der Waals surface area (Å²) < 4.78 is 0. The van der Waals surface area contributed by atoms with E-state index in [0.717, 1.165) is 18.4 Å². The molecule has 0 saturated heterocycles. The van der Waals surface area contributed by atoms with Crippen LogP contribution in [0.3, 0.4) is 0 Å². The van der Waals surface area contributed by atoms with Crippen LogP contribution in [-0.2, 0) is 0 Å². The molecule has 1 aliphatic rings. The highest BCUT2D eigenvalue weighted by Gasteiger charge is 2.32. The highest BCUT2D eigenvalue weighted by molar-refractivity contribution is 5.22. The molecule has 0 aromatic heterocycles. The minimum absolute atomic E-state index is 0.704. The summed E-state index contributed by atoms with van der Waals surface area (Å²) in [5.41, 5.74) is 7.17. The molecule has 1 heteroatoms. The van der Waals surface area contributed by atoms with E-state index in [1.165, 1.54) is 18.4 Å². The van der Waals surface area contributed by atoms with Gasteiger partial charge in [-0.2, -0.15) is 0 Å². The Morgan fingerprint density at radius 2 is 1.93 bits per heavy atom. The zero-order valence-electron chi connectivity index (χ0n) is 8.82. The summed E-state index contributed by atoms with van der Waals surface area (Å²) in [6, 6.07) is 10.8. The summed E-state index contributed by atoms with van der Waals surface area (Å²) in [6.07, 6.45) is 2.67. The Hall–Kier alpha value is -0.820. The molecule has 0 aliphatic heterocycles. The maximum absolute atomic E-state index is 5.67. The van der Waals surface area contributed by atoms with E-state index in [2.05, 4.69) is 37.3 Å². The van der Waals surface area contributed by atoms with Crippen LogP contribution in [0.1, 0.15) is 31.2 Å². The van der Waals surface area contributed by atoms with Gasteiger partial charge in [0, 0.05) is 0 Å². The quantitative estimate of drug-likeness (QED) is 0.777. The Labute approximate surface area is 86.3 Å². The molecule has 76 valence electrons. The molecule has 2 rings (SSSR count). The Morgan fingerprint density at radius 3 is 2.50 bits per heavy atom. The van der Waals surface area contributed by atoms with Gasteiger partial charge in [-0.25, -0.2) is 0 Å². The van der Waals surface area contributed by atoms with E-state index in [1.54, 1.807) is 0 Å². The van der Waals surface area contributed by atoms with Crippen molar-refractivity contribution in [1.29, 1.82) is 0 Å². The monoisotopic (exact) mass is 189 g/mol. The first-order valence-electron chi connectivity index (χ1n) is 5.56. The Bertz CT molecular complexity index is 275. The van der Waals surface area contributed by atoms with Crippen LogP contribution in [-0.4, -0.2) is 6.54 Å². The third-order valence-electron chi connectivity index (χ3n) is 3.62. The molecule has 1 saturated carbocycles. The molecule has 1 aliphatic carbocycles. The fourth-order valence-electron chi connectivity index (χ4n) is 2.32. The summed E-state index contributed by atoms with van der Waals surface area (Å²) in [6.45, 7) is 3.11. The lowest BCUT2D eigenvalue weighted by Gasteiger charge is -2.39. The molecule has 1 nitrogen and oxygen atoms in total. The van der Waals surface area contributed by atoms with Gasteiger partial charge in [-0.1, -0.05) is 37.3 Å². The second-order valence-corrected chi connectivity index (χ2v) is 4.55. The van der Waals surface area contributed by atoms with Crippen molar-refractivity contribution in [3.8, 4) is 0 Å². The SMILES string of the molecule is C[C@@H](CN)C1CC(c2ccccc2)C1. The maximum atomic E-state index is 5.67. The summed E-state index contributed by atoms with van der Waals surface area (Å²) in [5.74, 6) is 2.37. The van der Waals surface area contributed by atoms with Crippen molar-refractivity contribution >= 4 is 0 Å². The Morgan fingerprint density at radius 1 is 1.29 bits per heavy atom. The van der Waals surface area contributed by atoms with Crippen LogP contribution in [0.5, 0.6) is 0 Å². The molecule has 0 unspecified atom stereocenters. The van der Waals surface area contributed by atoms with Gasteiger partial charge in [-0.15, -0.1) is 0 Å². The lowest BCUT2D eigenvalue weighted by molar-refractivity contribution is 0.189. The second kappa shape index (κ2) is 4.14. The van der Waals surface area contributed by atoms with Crippen molar-refractivity contribution in [3.63, 3.8) is 0 Å². The van der Waals surface area contributed by atoms with Gasteiger partial charge in [0.25, 0.3) is 0 Å². The van der Waals surface area contributed by atoms with E-state index >= 15 is 0 Å². The predicted octanol–water partition coefficient (Wildman–Crippen LogP) is 2.78. The number of rotatable bonds is 3. The molecule has 14 heavy (non-hydrogen) atoms. The molecule has 1 aromatic carbocycles. The molecular formula is C13H19N. The van der Waals surface area contributed by atoms with Crippen LogP contribution in [0.15, 0.2) is 30.3 Å². The molecule has 0 bridgehead atoms. The minimum Gasteiger partial charge on any atom is -0.330 e. The molecule has 0 amide bonds. The molecule has 0 radical (unpaired) electrons. The Kier molecular flexibility index (Phi) is 2.87. The van der Waals surface area contributed by atoms with E-state index < -0.39 is 0 Å². The maximum Gasteiger partial charge on any atom is -0.00488 e. The van der Waals surface area contributed by atoms with Gasteiger partial charge in [0.1, 0.15) is 0 Å². The van der Waals surface area contributed by atoms with E-state index in [1.807, 2.05) is 0 Å². The van der Waals surface area contributed by atoms with Crippen molar-refractivity contribution in [2.24, 2.45) is 17.6 Å². The van der Waals surface area contributed by atoms with Crippen molar-refractivity contribution in [3.05, 3.63) is 35.9 Å². The van der Waals surface area contributed by atoms with Crippen molar-refractivity contribution < 1.29 is 0 Å². The molecular weight excluding hydrogens is 170 g/mol. The smallest absolute Gasteiger partial charge is 0.00488 e. The zero-order chi connectivity index (χ0) is 9.97. The molecule has 1 fully saturated rings. The minimum atomic E-state index is 0.704. The van der Waals surface area contributed by atoms with Crippen LogP contribution in [0.4, 0.5) is 0 Å². The number of hydrogen-bond donors (Lipinski definition) is 1. The van der Waals surface area contributed by atoms with Crippen molar-refractivity contribution in [1.82, 2.24) is 0 Å². The van der Waals surface area contributed by atoms with Crippen molar-refractivity contribution in [2.75, 3.05) is 6.54 Å². The summed E-state index contributed by atoms with van der Waals surface area (Å²) in [5, 5.41) is 0. The van der Waals surface area contributed by atoms with E-state index in [-0.39, 0.29) is 0 Å². The van der Waals surface area contributed by atoms with Gasteiger partial charge in [-0.05, 0) is 42.7 Å². The Balaban J connectivity index is 1.89. The van der Waals surface area contributed by atoms with Gasteiger partial charge in [0.05, 0.1) is 0 Å². The van der Waals surface area contributed by atoms with Crippen molar-refractivity contribution in [2.45, 2.75) is 25.7 Å². The summed E-state index contributed by atoms with van der Waals surface area (Å²) in [7, 11) is 0. The van der Waals surface area contributed by atoms with E-state index in [9.17, 15) is 0 Å². The molecule has 1 aromatic rings. The normalized spacial score (nSPS) is 28.1. The number of nitrogens with two attached hydrogens (primary N) is 1. The average Bonchev–Trinajstić information content (AvgIpc) is 2.17. The van der Waals surface area contributed by atoms with Gasteiger partial charge in [0.15, 0.2) is 0 Å². The van der Waals surface area contributed by atoms with E-state index in [4.69, 9.17) is 5.73 Å². The first kappa shape index (κ1) is 9.72. The standard InChI is InChI=1S/C13H19N/c1-10(9-14)12-7-13(8-12)11-5-3-2-4-6-11/h2-6,10,12-13H,7-9,14H2,1H3/t10-,12?,13?/m0/s1. The van der Waals surface area contributed by atoms with Crippen LogP contribution < -0.4 is 5.73 Å². The summed E-state index contributed by atoms with van der Waals surface area (Å²) >= 11 is 0. The zero-order valence-corrected chi connectivity index (χ0v) is 8.82. The fourth-order valence-corrected chi connectivity index (χ4v) is 2.32. The number of benzene rings is 1. The topological polar surface area (TPSA) is 26.0 Å². The van der Waals surface area contributed by atoms with E-state index in [0.29, 0.717) is 5.92 Å². The molecule has 2 N–H and O–H groups in total. The first-order chi connectivity index (χ1) is 6.81. The van der Waals surface area contributed by atoms with Crippen LogP contribution in [0.2, 0.25) is 0 Å². The van der Waals surface area contributed by atoms with Gasteiger partial charge < -0.3 is 5.73 Å². The third kappa shape index (κ3) is 1.83. The summed E-state index contributed by atoms with van der Waals surface area (Å²) in [4.78, 5) is 0. The largest absolute Gasteiger partial charge is 0.330 e. The predicted molar refractivity (Wildman–Crippen MR) is 60.1 cm³/mol.